The van der Waals surface area contributed by atoms with Crippen molar-refractivity contribution in [1.82, 2.24) is 10.2 Å². The summed E-state index contributed by atoms with van der Waals surface area (Å²) in [5, 5.41) is 3.44. The molecule has 1 N–H and O–H groups in total. The van der Waals surface area contributed by atoms with Crippen LogP contribution >= 0.6 is 0 Å². The molecule has 0 aromatic heterocycles. The second-order valence-electron chi connectivity index (χ2n) is 6.79. The van der Waals surface area contributed by atoms with Crippen LogP contribution in [0.2, 0.25) is 0 Å². The molecular formula is C16H34N2O. The highest BCUT2D eigenvalue weighted by Crippen LogP contribution is 2.35. The van der Waals surface area contributed by atoms with Crippen LogP contribution in [0.4, 0.5) is 0 Å². The Morgan fingerprint density at radius 2 is 1.95 bits per heavy atom. The lowest BCUT2D eigenvalue weighted by Gasteiger charge is -2.37. The third-order valence-corrected chi connectivity index (χ3v) is 4.31. The standard InChI is InChI=1S/C16H34N2O/c1-13(2)15-7-6-14(3)12-16(15)19-11-9-17-8-10-18(4)5/h13-17H,6-12H2,1-5H3. The Morgan fingerprint density at radius 1 is 1.21 bits per heavy atom. The second kappa shape index (κ2) is 8.93. The van der Waals surface area contributed by atoms with Gasteiger partial charge in [0.1, 0.15) is 0 Å². The summed E-state index contributed by atoms with van der Waals surface area (Å²) in [6, 6.07) is 0. The fraction of sp³-hybridized carbons (Fsp3) is 1.00. The van der Waals surface area contributed by atoms with Crippen molar-refractivity contribution in [1.29, 1.82) is 0 Å². The molecule has 3 atom stereocenters. The van der Waals surface area contributed by atoms with Crippen LogP contribution < -0.4 is 5.32 Å². The molecule has 1 fully saturated rings. The van der Waals surface area contributed by atoms with Crippen LogP contribution in [-0.2, 0) is 4.74 Å². The molecule has 0 bridgehead atoms. The van der Waals surface area contributed by atoms with Gasteiger partial charge in [0.25, 0.3) is 0 Å². The molecule has 0 spiro atoms. The molecule has 0 amide bonds. The molecule has 0 radical (unpaired) electrons. The maximum absolute atomic E-state index is 6.16. The van der Waals surface area contributed by atoms with Crippen molar-refractivity contribution in [2.45, 2.75) is 46.1 Å². The summed E-state index contributed by atoms with van der Waals surface area (Å²) in [6.07, 6.45) is 4.46. The fourth-order valence-electron chi connectivity index (χ4n) is 3.02. The van der Waals surface area contributed by atoms with Crippen LogP contribution in [0.1, 0.15) is 40.0 Å². The largest absolute Gasteiger partial charge is 0.377 e. The number of rotatable bonds is 8. The van der Waals surface area contributed by atoms with Gasteiger partial charge in [-0.25, -0.2) is 0 Å². The fourth-order valence-corrected chi connectivity index (χ4v) is 3.02. The van der Waals surface area contributed by atoms with Gasteiger partial charge in [0.15, 0.2) is 0 Å². The van der Waals surface area contributed by atoms with Crippen molar-refractivity contribution in [3.63, 3.8) is 0 Å². The van der Waals surface area contributed by atoms with E-state index in [1.807, 2.05) is 0 Å². The average molecular weight is 270 g/mol. The molecule has 0 saturated heterocycles. The molecular weight excluding hydrogens is 236 g/mol. The Bertz CT molecular complexity index is 231. The Kier molecular flexibility index (Phi) is 7.96. The van der Waals surface area contributed by atoms with E-state index in [1.54, 1.807) is 0 Å². The van der Waals surface area contributed by atoms with Crippen molar-refractivity contribution < 1.29 is 4.74 Å². The first-order chi connectivity index (χ1) is 9.00. The van der Waals surface area contributed by atoms with E-state index >= 15 is 0 Å². The molecule has 3 nitrogen and oxygen atoms in total. The molecule has 1 aliphatic rings. The minimum absolute atomic E-state index is 0.486. The second-order valence-corrected chi connectivity index (χ2v) is 6.79. The van der Waals surface area contributed by atoms with Crippen molar-refractivity contribution >= 4 is 0 Å². The zero-order valence-corrected chi connectivity index (χ0v) is 13.6. The summed E-state index contributed by atoms with van der Waals surface area (Å²) >= 11 is 0. The molecule has 3 heteroatoms. The number of ether oxygens (including phenoxy) is 1. The molecule has 1 saturated carbocycles. The first-order valence-corrected chi connectivity index (χ1v) is 7.97. The predicted octanol–water partition coefficient (Wildman–Crippen LogP) is 2.62. The van der Waals surface area contributed by atoms with E-state index in [9.17, 15) is 0 Å². The van der Waals surface area contributed by atoms with Crippen molar-refractivity contribution in [3.8, 4) is 0 Å². The molecule has 0 heterocycles. The van der Waals surface area contributed by atoms with Crippen molar-refractivity contribution in [2.75, 3.05) is 40.3 Å². The lowest BCUT2D eigenvalue weighted by molar-refractivity contribution is -0.0367. The van der Waals surface area contributed by atoms with Gasteiger partial charge in [-0.1, -0.05) is 27.2 Å². The van der Waals surface area contributed by atoms with E-state index < -0.39 is 0 Å². The van der Waals surface area contributed by atoms with Crippen LogP contribution in [0.25, 0.3) is 0 Å². The van der Waals surface area contributed by atoms with Crippen LogP contribution in [-0.4, -0.2) is 51.3 Å². The van der Waals surface area contributed by atoms with Gasteiger partial charge < -0.3 is 15.0 Å². The van der Waals surface area contributed by atoms with Crippen molar-refractivity contribution in [2.24, 2.45) is 17.8 Å². The summed E-state index contributed by atoms with van der Waals surface area (Å²) in [6.45, 7) is 11.0. The number of nitrogens with one attached hydrogen (secondary N) is 1. The highest BCUT2D eigenvalue weighted by atomic mass is 16.5. The Morgan fingerprint density at radius 3 is 2.58 bits per heavy atom. The smallest absolute Gasteiger partial charge is 0.0608 e. The number of nitrogens with zero attached hydrogens (tertiary/aromatic N) is 1. The molecule has 114 valence electrons. The van der Waals surface area contributed by atoms with Crippen LogP contribution in [0.15, 0.2) is 0 Å². The van der Waals surface area contributed by atoms with Gasteiger partial charge in [0.2, 0.25) is 0 Å². The Labute approximate surface area is 120 Å². The summed E-state index contributed by atoms with van der Waals surface area (Å²) < 4.78 is 6.16. The van der Waals surface area contributed by atoms with E-state index in [2.05, 4.69) is 45.1 Å². The van der Waals surface area contributed by atoms with Crippen LogP contribution in [0.3, 0.4) is 0 Å². The molecule has 0 aliphatic heterocycles. The number of hydrogen-bond donors (Lipinski definition) is 1. The normalized spacial score (nSPS) is 28.3. The average Bonchev–Trinajstić information content (AvgIpc) is 2.33. The zero-order valence-electron chi connectivity index (χ0n) is 13.6. The first kappa shape index (κ1) is 16.9. The van der Waals surface area contributed by atoms with E-state index in [-0.39, 0.29) is 0 Å². The van der Waals surface area contributed by atoms with Gasteiger partial charge in [-0.2, -0.15) is 0 Å². The summed E-state index contributed by atoms with van der Waals surface area (Å²) in [7, 11) is 4.21. The van der Waals surface area contributed by atoms with Gasteiger partial charge in [-0.15, -0.1) is 0 Å². The molecule has 1 rings (SSSR count). The maximum atomic E-state index is 6.16. The molecule has 19 heavy (non-hydrogen) atoms. The van der Waals surface area contributed by atoms with E-state index in [4.69, 9.17) is 4.74 Å². The topological polar surface area (TPSA) is 24.5 Å². The zero-order chi connectivity index (χ0) is 14.3. The quantitative estimate of drug-likeness (QED) is 0.686. The van der Waals surface area contributed by atoms with Crippen LogP contribution in [0, 0.1) is 17.8 Å². The predicted molar refractivity (Wildman–Crippen MR) is 82.5 cm³/mol. The maximum Gasteiger partial charge on any atom is 0.0608 e. The Hall–Kier alpha value is -0.120. The minimum Gasteiger partial charge on any atom is -0.377 e. The van der Waals surface area contributed by atoms with Gasteiger partial charge in [-0.05, 0) is 44.7 Å². The monoisotopic (exact) mass is 270 g/mol. The van der Waals surface area contributed by atoms with Gasteiger partial charge in [-0.3, -0.25) is 0 Å². The van der Waals surface area contributed by atoms with E-state index in [0.29, 0.717) is 6.10 Å². The lowest BCUT2D eigenvalue weighted by atomic mass is 9.75. The van der Waals surface area contributed by atoms with E-state index in [1.165, 1.54) is 19.3 Å². The summed E-state index contributed by atoms with van der Waals surface area (Å²) in [4.78, 5) is 2.20. The van der Waals surface area contributed by atoms with Crippen molar-refractivity contribution in [3.05, 3.63) is 0 Å². The molecule has 0 aromatic rings. The Balaban J connectivity index is 2.17. The highest BCUT2D eigenvalue weighted by Gasteiger charge is 2.31. The molecule has 3 unspecified atom stereocenters. The SMILES string of the molecule is CC1CCC(C(C)C)C(OCCNCCN(C)C)C1. The molecule has 1 aliphatic carbocycles. The third-order valence-electron chi connectivity index (χ3n) is 4.31. The number of likely N-dealkylation sites (N-methyl/N-ethyl adjacent to an activating group) is 1. The lowest BCUT2D eigenvalue weighted by Crippen LogP contribution is -2.36. The van der Waals surface area contributed by atoms with Gasteiger partial charge in [0, 0.05) is 19.6 Å². The minimum atomic E-state index is 0.486. The van der Waals surface area contributed by atoms with Gasteiger partial charge in [0.05, 0.1) is 12.7 Å². The van der Waals surface area contributed by atoms with Crippen LogP contribution in [0.5, 0.6) is 0 Å². The highest BCUT2D eigenvalue weighted by molar-refractivity contribution is 4.81. The van der Waals surface area contributed by atoms with Gasteiger partial charge >= 0.3 is 0 Å². The molecule has 0 aromatic carbocycles. The summed E-state index contributed by atoms with van der Waals surface area (Å²) in [5.41, 5.74) is 0. The third kappa shape index (κ3) is 6.73. The first-order valence-electron chi connectivity index (χ1n) is 7.97. The van der Waals surface area contributed by atoms with E-state index in [0.717, 1.165) is 44.0 Å². The number of hydrogen-bond acceptors (Lipinski definition) is 3. The summed E-state index contributed by atoms with van der Waals surface area (Å²) in [5.74, 6) is 2.35.